The van der Waals surface area contributed by atoms with Crippen molar-refractivity contribution in [3.05, 3.63) is 0 Å². The molecule has 92 valence electrons. The summed E-state index contributed by atoms with van der Waals surface area (Å²) in [6, 6.07) is 0.376. The third-order valence-corrected chi connectivity index (χ3v) is 4.15. The molecule has 1 saturated heterocycles. The van der Waals surface area contributed by atoms with Crippen LogP contribution in [0.2, 0.25) is 0 Å². The second kappa shape index (κ2) is 5.17. The molecule has 2 aliphatic rings. The van der Waals surface area contributed by atoms with E-state index >= 15 is 0 Å². The van der Waals surface area contributed by atoms with Crippen molar-refractivity contribution < 1.29 is 4.79 Å². The molecule has 1 unspecified atom stereocenters. The van der Waals surface area contributed by atoms with Gasteiger partial charge in [-0.25, -0.2) is 0 Å². The molecule has 3 nitrogen and oxygen atoms in total. The largest absolute Gasteiger partial charge is 0.337 e. The molecular weight excluding hydrogens is 200 g/mol. The molecule has 1 atom stereocenters. The van der Waals surface area contributed by atoms with Crippen LogP contribution in [-0.2, 0) is 4.79 Å². The van der Waals surface area contributed by atoms with Crippen molar-refractivity contribution in [2.75, 3.05) is 19.6 Å². The number of nitrogens with zero attached hydrogens (tertiary/aromatic N) is 1. The predicted molar refractivity (Wildman–Crippen MR) is 65.2 cm³/mol. The standard InChI is InChI=1S/C13H24N2O/c1-10-3-5-12(6-4-10)13(16)15-8-7-14-9-11(15)2/h10-12,14H,3-9H2,1-2H3. The Morgan fingerprint density at radius 2 is 1.88 bits per heavy atom. The van der Waals surface area contributed by atoms with Crippen LogP contribution < -0.4 is 5.32 Å². The maximum Gasteiger partial charge on any atom is 0.226 e. The molecule has 1 amide bonds. The molecule has 1 N–H and O–H groups in total. The molecule has 0 aromatic carbocycles. The number of hydrogen-bond donors (Lipinski definition) is 1. The van der Waals surface area contributed by atoms with Crippen LogP contribution >= 0.6 is 0 Å². The Hall–Kier alpha value is -0.570. The monoisotopic (exact) mass is 224 g/mol. The molecule has 16 heavy (non-hydrogen) atoms. The summed E-state index contributed by atoms with van der Waals surface area (Å²) in [7, 11) is 0. The molecule has 0 aromatic rings. The Balaban J connectivity index is 1.90. The Morgan fingerprint density at radius 1 is 1.19 bits per heavy atom. The first-order valence-electron chi connectivity index (χ1n) is 6.69. The Bertz CT molecular complexity index is 246. The van der Waals surface area contributed by atoms with Crippen molar-refractivity contribution >= 4 is 5.91 Å². The van der Waals surface area contributed by atoms with Gasteiger partial charge in [0.1, 0.15) is 0 Å². The normalized spacial score (nSPS) is 36.1. The van der Waals surface area contributed by atoms with Gasteiger partial charge in [0.2, 0.25) is 5.91 Å². The Labute approximate surface area is 98.6 Å². The van der Waals surface area contributed by atoms with Crippen LogP contribution in [0.25, 0.3) is 0 Å². The molecule has 1 saturated carbocycles. The molecule has 2 rings (SSSR count). The third-order valence-electron chi connectivity index (χ3n) is 4.15. The Kier molecular flexibility index (Phi) is 3.85. The van der Waals surface area contributed by atoms with Crippen LogP contribution in [0.3, 0.4) is 0 Å². The first-order chi connectivity index (χ1) is 7.68. The average Bonchev–Trinajstić information content (AvgIpc) is 2.30. The lowest BCUT2D eigenvalue weighted by Crippen LogP contribution is -2.54. The van der Waals surface area contributed by atoms with Crippen molar-refractivity contribution in [1.29, 1.82) is 0 Å². The van der Waals surface area contributed by atoms with Crippen molar-refractivity contribution in [3.8, 4) is 0 Å². The molecule has 0 spiro atoms. The second-order valence-electron chi connectivity index (χ2n) is 5.54. The summed E-state index contributed by atoms with van der Waals surface area (Å²) >= 11 is 0. The fraction of sp³-hybridized carbons (Fsp3) is 0.923. The predicted octanol–water partition coefficient (Wildman–Crippen LogP) is 1.63. The van der Waals surface area contributed by atoms with E-state index in [0.717, 1.165) is 38.4 Å². The minimum atomic E-state index is 0.316. The lowest BCUT2D eigenvalue weighted by molar-refractivity contribution is -0.139. The van der Waals surface area contributed by atoms with Gasteiger partial charge in [-0.1, -0.05) is 6.92 Å². The lowest BCUT2D eigenvalue weighted by Gasteiger charge is -2.37. The topological polar surface area (TPSA) is 32.3 Å². The molecule has 2 fully saturated rings. The number of rotatable bonds is 1. The highest BCUT2D eigenvalue weighted by atomic mass is 16.2. The maximum atomic E-state index is 12.4. The van der Waals surface area contributed by atoms with Gasteiger partial charge in [0.25, 0.3) is 0 Å². The van der Waals surface area contributed by atoms with Crippen LogP contribution in [0.1, 0.15) is 39.5 Å². The van der Waals surface area contributed by atoms with Gasteiger partial charge < -0.3 is 10.2 Å². The number of hydrogen-bond acceptors (Lipinski definition) is 2. The summed E-state index contributed by atoms with van der Waals surface area (Å²) in [5.41, 5.74) is 0. The average molecular weight is 224 g/mol. The Morgan fingerprint density at radius 3 is 2.50 bits per heavy atom. The van der Waals surface area contributed by atoms with E-state index in [1.54, 1.807) is 0 Å². The minimum absolute atomic E-state index is 0.316. The number of carbonyl (C=O) groups is 1. The van der Waals surface area contributed by atoms with Crippen LogP contribution in [0, 0.1) is 11.8 Å². The number of carbonyl (C=O) groups excluding carboxylic acids is 1. The van der Waals surface area contributed by atoms with Gasteiger partial charge in [-0.3, -0.25) is 4.79 Å². The van der Waals surface area contributed by atoms with Crippen LogP contribution in [0.4, 0.5) is 0 Å². The van der Waals surface area contributed by atoms with Gasteiger partial charge in [-0.15, -0.1) is 0 Å². The summed E-state index contributed by atoms with van der Waals surface area (Å²) in [6.07, 6.45) is 4.68. The fourth-order valence-electron chi connectivity index (χ4n) is 2.91. The van der Waals surface area contributed by atoms with Crippen LogP contribution in [0.5, 0.6) is 0 Å². The second-order valence-corrected chi connectivity index (χ2v) is 5.54. The SMILES string of the molecule is CC1CCC(C(=O)N2CCNCC2C)CC1. The van der Waals surface area contributed by atoms with Gasteiger partial charge >= 0.3 is 0 Å². The van der Waals surface area contributed by atoms with E-state index in [0.29, 0.717) is 17.9 Å². The van der Waals surface area contributed by atoms with E-state index < -0.39 is 0 Å². The van der Waals surface area contributed by atoms with Gasteiger partial charge in [0, 0.05) is 31.6 Å². The van der Waals surface area contributed by atoms with Gasteiger partial charge in [-0.2, -0.15) is 0 Å². The third kappa shape index (κ3) is 2.57. The molecule has 1 heterocycles. The summed E-state index contributed by atoms with van der Waals surface area (Å²) in [5, 5.41) is 3.34. The number of amides is 1. The molecule has 0 radical (unpaired) electrons. The molecule has 0 aromatic heterocycles. The zero-order chi connectivity index (χ0) is 11.5. The first-order valence-corrected chi connectivity index (χ1v) is 6.69. The van der Waals surface area contributed by atoms with Crippen molar-refractivity contribution in [2.24, 2.45) is 11.8 Å². The van der Waals surface area contributed by atoms with Gasteiger partial charge in [-0.05, 0) is 38.5 Å². The van der Waals surface area contributed by atoms with Crippen molar-refractivity contribution in [3.63, 3.8) is 0 Å². The number of nitrogens with one attached hydrogen (secondary N) is 1. The highest BCUT2D eigenvalue weighted by molar-refractivity contribution is 5.79. The van der Waals surface area contributed by atoms with Crippen molar-refractivity contribution in [2.45, 2.75) is 45.6 Å². The zero-order valence-electron chi connectivity index (χ0n) is 10.5. The van der Waals surface area contributed by atoms with Crippen molar-refractivity contribution in [1.82, 2.24) is 10.2 Å². The summed E-state index contributed by atoms with van der Waals surface area (Å²) in [4.78, 5) is 14.5. The van der Waals surface area contributed by atoms with E-state index in [4.69, 9.17) is 0 Å². The molecule has 0 bridgehead atoms. The highest BCUT2D eigenvalue weighted by Crippen LogP contribution is 2.30. The highest BCUT2D eigenvalue weighted by Gasteiger charge is 2.31. The lowest BCUT2D eigenvalue weighted by atomic mass is 9.82. The van der Waals surface area contributed by atoms with Gasteiger partial charge in [0.15, 0.2) is 0 Å². The molecule has 1 aliphatic heterocycles. The molecule has 3 heteroatoms. The summed E-state index contributed by atoms with van der Waals surface area (Å²) in [6.45, 7) is 7.25. The minimum Gasteiger partial charge on any atom is -0.337 e. The van der Waals surface area contributed by atoms with E-state index in [1.807, 2.05) is 0 Å². The number of piperazine rings is 1. The van der Waals surface area contributed by atoms with Gasteiger partial charge in [0.05, 0.1) is 0 Å². The zero-order valence-corrected chi connectivity index (χ0v) is 10.5. The molecular formula is C13H24N2O. The van der Waals surface area contributed by atoms with Crippen LogP contribution in [-0.4, -0.2) is 36.5 Å². The smallest absolute Gasteiger partial charge is 0.226 e. The van der Waals surface area contributed by atoms with Crippen LogP contribution in [0.15, 0.2) is 0 Å². The van der Waals surface area contributed by atoms with E-state index in [2.05, 4.69) is 24.1 Å². The fourth-order valence-corrected chi connectivity index (χ4v) is 2.91. The maximum absolute atomic E-state index is 12.4. The molecule has 1 aliphatic carbocycles. The van der Waals surface area contributed by atoms with E-state index in [9.17, 15) is 4.79 Å². The van der Waals surface area contributed by atoms with E-state index in [-0.39, 0.29) is 0 Å². The summed E-state index contributed by atoms with van der Waals surface area (Å²) in [5.74, 6) is 1.56. The first kappa shape index (κ1) is 11.9. The van der Waals surface area contributed by atoms with E-state index in [1.165, 1.54) is 12.8 Å². The summed E-state index contributed by atoms with van der Waals surface area (Å²) < 4.78 is 0. The quantitative estimate of drug-likeness (QED) is 0.734.